The quantitative estimate of drug-likeness (QED) is 0.310. The SMILES string of the molecule is CN=C(NCC(C)C(=O)OC)N1CCN(C(=O)c2ccco2)CC1.I. The molecular formula is C16H25IN4O4. The number of hydrogen-bond acceptors (Lipinski definition) is 5. The monoisotopic (exact) mass is 464 g/mol. The van der Waals surface area contributed by atoms with Gasteiger partial charge in [-0.05, 0) is 12.1 Å². The maximum atomic E-state index is 12.2. The van der Waals surface area contributed by atoms with Gasteiger partial charge in [-0.1, -0.05) is 6.92 Å². The third-order valence-electron chi connectivity index (χ3n) is 3.98. The molecule has 1 aliphatic heterocycles. The molecule has 2 rings (SSSR count). The molecule has 1 aromatic rings. The van der Waals surface area contributed by atoms with Crippen molar-refractivity contribution < 1.29 is 18.7 Å². The van der Waals surface area contributed by atoms with E-state index in [-0.39, 0.29) is 41.8 Å². The lowest BCUT2D eigenvalue weighted by Gasteiger charge is -2.36. The minimum atomic E-state index is -0.258. The first-order chi connectivity index (χ1) is 11.6. The Kier molecular flexibility index (Phi) is 8.73. The van der Waals surface area contributed by atoms with Crippen LogP contribution in [0.2, 0.25) is 0 Å². The summed E-state index contributed by atoms with van der Waals surface area (Å²) in [5, 5.41) is 3.18. The van der Waals surface area contributed by atoms with Gasteiger partial charge in [0.15, 0.2) is 11.7 Å². The van der Waals surface area contributed by atoms with Crippen molar-refractivity contribution in [2.24, 2.45) is 10.9 Å². The van der Waals surface area contributed by atoms with Crippen molar-refractivity contribution in [3.8, 4) is 0 Å². The molecule has 1 unspecified atom stereocenters. The molecule has 25 heavy (non-hydrogen) atoms. The number of carbonyl (C=O) groups excluding carboxylic acids is 2. The van der Waals surface area contributed by atoms with Gasteiger partial charge in [0.25, 0.3) is 5.91 Å². The standard InChI is InChI=1S/C16H24N4O4.HI/c1-12(15(22)23-3)11-18-16(17-2)20-8-6-19(7-9-20)14(21)13-5-4-10-24-13;/h4-5,10,12H,6-9,11H2,1-3H3,(H,17,18);1H. The molecule has 0 saturated carbocycles. The number of hydrogen-bond donors (Lipinski definition) is 1. The van der Waals surface area contributed by atoms with Crippen molar-refractivity contribution in [1.82, 2.24) is 15.1 Å². The lowest BCUT2D eigenvalue weighted by atomic mass is 10.2. The lowest BCUT2D eigenvalue weighted by Crippen LogP contribution is -2.54. The van der Waals surface area contributed by atoms with Crippen LogP contribution in [0.25, 0.3) is 0 Å². The third-order valence-corrected chi connectivity index (χ3v) is 3.98. The minimum Gasteiger partial charge on any atom is -0.469 e. The first-order valence-corrected chi connectivity index (χ1v) is 7.93. The molecule has 0 aromatic carbocycles. The van der Waals surface area contributed by atoms with Crippen LogP contribution in [0.1, 0.15) is 17.5 Å². The van der Waals surface area contributed by atoms with E-state index in [0.29, 0.717) is 38.5 Å². The van der Waals surface area contributed by atoms with Gasteiger partial charge < -0.3 is 24.3 Å². The molecule has 9 heteroatoms. The van der Waals surface area contributed by atoms with E-state index in [1.54, 1.807) is 31.0 Å². The van der Waals surface area contributed by atoms with Crippen molar-refractivity contribution in [3.63, 3.8) is 0 Å². The molecule has 1 saturated heterocycles. The number of halogens is 1. The average molecular weight is 464 g/mol. The van der Waals surface area contributed by atoms with Gasteiger partial charge in [0.05, 0.1) is 19.3 Å². The smallest absolute Gasteiger partial charge is 0.310 e. The molecule has 1 N–H and O–H groups in total. The molecule has 0 spiro atoms. The molecule has 2 heterocycles. The normalized spacial score (nSPS) is 16.0. The highest BCUT2D eigenvalue weighted by Crippen LogP contribution is 2.09. The van der Waals surface area contributed by atoms with E-state index < -0.39 is 0 Å². The predicted molar refractivity (Wildman–Crippen MR) is 104 cm³/mol. The molecule has 1 atom stereocenters. The highest BCUT2D eigenvalue weighted by molar-refractivity contribution is 14.0. The van der Waals surface area contributed by atoms with Gasteiger partial charge >= 0.3 is 5.97 Å². The van der Waals surface area contributed by atoms with E-state index in [0.717, 1.165) is 5.96 Å². The van der Waals surface area contributed by atoms with Crippen LogP contribution in [-0.2, 0) is 9.53 Å². The van der Waals surface area contributed by atoms with Crippen LogP contribution < -0.4 is 5.32 Å². The van der Waals surface area contributed by atoms with Gasteiger partial charge in [0.1, 0.15) is 0 Å². The van der Waals surface area contributed by atoms with Crippen LogP contribution >= 0.6 is 24.0 Å². The van der Waals surface area contributed by atoms with Gasteiger partial charge in [0, 0.05) is 39.8 Å². The summed E-state index contributed by atoms with van der Waals surface area (Å²) < 4.78 is 9.87. The van der Waals surface area contributed by atoms with Gasteiger partial charge in [-0.3, -0.25) is 14.6 Å². The summed E-state index contributed by atoms with van der Waals surface area (Å²) in [5.74, 6) is 0.469. The second-order valence-corrected chi connectivity index (χ2v) is 5.61. The number of nitrogens with one attached hydrogen (secondary N) is 1. The largest absolute Gasteiger partial charge is 0.469 e. The predicted octanol–water partition coefficient (Wildman–Crippen LogP) is 1.04. The van der Waals surface area contributed by atoms with E-state index in [2.05, 4.69) is 15.2 Å². The number of amides is 1. The molecule has 0 aliphatic carbocycles. The maximum absolute atomic E-state index is 12.2. The molecular weight excluding hydrogens is 439 g/mol. The van der Waals surface area contributed by atoms with Crippen LogP contribution in [0, 0.1) is 5.92 Å². The Hall–Kier alpha value is -1.78. The molecule has 1 aromatic heterocycles. The molecule has 1 amide bonds. The minimum absolute atomic E-state index is 0. The van der Waals surface area contributed by atoms with Gasteiger partial charge in [0.2, 0.25) is 0 Å². The Balaban J connectivity index is 0.00000312. The summed E-state index contributed by atoms with van der Waals surface area (Å²) in [7, 11) is 3.08. The first-order valence-electron chi connectivity index (χ1n) is 7.93. The molecule has 1 aliphatic rings. The highest BCUT2D eigenvalue weighted by Gasteiger charge is 2.25. The summed E-state index contributed by atoms with van der Waals surface area (Å²) in [5.41, 5.74) is 0. The number of methoxy groups -OCH3 is 1. The number of piperazine rings is 1. The van der Waals surface area contributed by atoms with E-state index in [1.165, 1.54) is 13.4 Å². The highest BCUT2D eigenvalue weighted by atomic mass is 127. The maximum Gasteiger partial charge on any atom is 0.310 e. The van der Waals surface area contributed by atoms with Crippen molar-refractivity contribution in [2.45, 2.75) is 6.92 Å². The number of guanidine groups is 1. The van der Waals surface area contributed by atoms with E-state index in [1.807, 2.05) is 0 Å². The zero-order chi connectivity index (χ0) is 17.5. The lowest BCUT2D eigenvalue weighted by molar-refractivity contribution is -0.144. The third kappa shape index (κ3) is 5.62. The Morgan fingerprint density at radius 1 is 1.32 bits per heavy atom. The van der Waals surface area contributed by atoms with Crippen LogP contribution in [0.15, 0.2) is 27.8 Å². The van der Waals surface area contributed by atoms with Crippen molar-refractivity contribution in [3.05, 3.63) is 24.2 Å². The number of ether oxygens (including phenoxy) is 1. The van der Waals surface area contributed by atoms with Crippen LogP contribution in [0.3, 0.4) is 0 Å². The number of rotatable bonds is 4. The number of aliphatic imine (C=N–C) groups is 1. The van der Waals surface area contributed by atoms with Gasteiger partial charge in [-0.25, -0.2) is 0 Å². The number of esters is 1. The molecule has 0 bridgehead atoms. The summed E-state index contributed by atoms with van der Waals surface area (Å²) in [6.07, 6.45) is 1.50. The number of furan rings is 1. The molecule has 8 nitrogen and oxygen atoms in total. The fraction of sp³-hybridized carbons (Fsp3) is 0.562. The van der Waals surface area contributed by atoms with Crippen molar-refractivity contribution in [1.29, 1.82) is 0 Å². The second-order valence-electron chi connectivity index (χ2n) is 5.61. The summed E-state index contributed by atoms with van der Waals surface area (Å²) in [6.45, 7) is 4.76. The zero-order valence-corrected chi connectivity index (χ0v) is 17.1. The zero-order valence-electron chi connectivity index (χ0n) is 14.7. The van der Waals surface area contributed by atoms with E-state index in [9.17, 15) is 9.59 Å². The summed E-state index contributed by atoms with van der Waals surface area (Å²) >= 11 is 0. The van der Waals surface area contributed by atoms with Gasteiger partial charge in [-0.15, -0.1) is 24.0 Å². The molecule has 1 fully saturated rings. The Morgan fingerprint density at radius 2 is 1.96 bits per heavy atom. The summed E-state index contributed by atoms with van der Waals surface area (Å²) in [6, 6.07) is 3.38. The van der Waals surface area contributed by atoms with Crippen LogP contribution in [0.4, 0.5) is 0 Å². The Morgan fingerprint density at radius 3 is 2.48 bits per heavy atom. The first kappa shape index (κ1) is 21.3. The molecule has 140 valence electrons. The van der Waals surface area contributed by atoms with E-state index in [4.69, 9.17) is 9.15 Å². The topological polar surface area (TPSA) is 87.4 Å². The average Bonchev–Trinajstić information content (AvgIpc) is 3.15. The van der Waals surface area contributed by atoms with E-state index >= 15 is 0 Å². The number of nitrogens with zero attached hydrogens (tertiary/aromatic N) is 3. The van der Waals surface area contributed by atoms with Gasteiger partial charge in [-0.2, -0.15) is 0 Å². The summed E-state index contributed by atoms with van der Waals surface area (Å²) in [4.78, 5) is 31.8. The molecule has 0 radical (unpaired) electrons. The Labute approximate surface area is 164 Å². The van der Waals surface area contributed by atoms with Crippen LogP contribution in [0.5, 0.6) is 0 Å². The fourth-order valence-corrected chi connectivity index (χ4v) is 2.54. The fourth-order valence-electron chi connectivity index (χ4n) is 2.54. The second kappa shape index (κ2) is 10.3. The Bertz CT molecular complexity index is 583. The number of carbonyl (C=O) groups is 2. The van der Waals surface area contributed by atoms with Crippen LogP contribution in [-0.4, -0.2) is 74.5 Å². The van der Waals surface area contributed by atoms with Crippen molar-refractivity contribution >= 4 is 41.8 Å². The van der Waals surface area contributed by atoms with Crippen molar-refractivity contribution in [2.75, 3.05) is 46.9 Å².